The molecule has 0 aliphatic carbocycles. The number of aromatic nitrogens is 1. The number of carboxylic acids is 1. The number of amides is 1. The van der Waals surface area contributed by atoms with Crippen molar-refractivity contribution in [3.8, 4) is 0 Å². The minimum atomic E-state index is -0.847. The molecular formula is C18H22N2O3. The van der Waals surface area contributed by atoms with Gasteiger partial charge in [0.25, 0.3) is 5.91 Å². The molecule has 1 aromatic carbocycles. The van der Waals surface area contributed by atoms with Crippen molar-refractivity contribution in [3.05, 3.63) is 58.9 Å². The zero-order valence-electron chi connectivity index (χ0n) is 13.5. The molecule has 0 unspecified atom stereocenters. The number of carbonyl (C=O) groups is 2. The van der Waals surface area contributed by atoms with Crippen molar-refractivity contribution < 1.29 is 14.7 Å². The fraction of sp³-hybridized carbons (Fsp3) is 0.333. The molecule has 2 aromatic rings. The van der Waals surface area contributed by atoms with E-state index in [1.165, 1.54) is 5.56 Å². The lowest BCUT2D eigenvalue weighted by molar-refractivity contribution is -0.137. The number of hydrogen-bond acceptors (Lipinski definition) is 2. The SMILES string of the molecule is Cc1cc(C(=O)NCCCC(=O)O)c(C)n1Cc1ccccc1. The molecule has 2 rings (SSSR count). The zero-order valence-corrected chi connectivity index (χ0v) is 13.5. The standard InChI is InChI=1S/C18H22N2O3/c1-13-11-16(18(23)19-10-6-9-17(21)22)14(2)20(13)12-15-7-4-3-5-8-15/h3-5,7-8,11H,6,9-10,12H2,1-2H3,(H,19,23)(H,21,22). The van der Waals surface area contributed by atoms with Crippen LogP contribution in [-0.4, -0.2) is 28.1 Å². The predicted octanol–water partition coefficient (Wildman–Crippen LogP) is 2.75. The first-order valence-electron chi connectivity index (χ1n) is 7.69. The predicted molar refractivity (Wildman–Crippen MR) is 88.7 cm³/mol. The fourth-order valence-electron chi connectivity index (χ4n) is 2.58. The number of hydrogen-bond donors (Lipinski definition) is 2. The van der Waals surface area contributed by atoms with E-state index in [9.17, 15) is 9.59 Å². The number of nitrogens with one attached hydrogen (secondary N) is 1. The van der Waals surface area contributed by atoms with Gasteiger partial charge in [-0.3, -0.25) is 9.59 Å². The Morgan fingerprint density at radius 2 is 1.87 bits per heavy atom. The Labute approximate surface area is 135 Å². The van der Waals surface area contributed by atoms with Crippen LogP contribution in [0.2, 0.25) is 0 Å². The Hall–Kier alpha value is -2.56. The maximum atomic E-state index is 12.3. The molecule has 2 N–H and O–H groups in total. The Kier molecular flexibility index (Phi) is 5.57. The maximum absolute atomic E-state index is 12.3. The summed E-state index contributed by atoms with van der Waals surface area (Å²) in [5, 5.41) is 11.4. The highest BCUT2D eigenvalue weighted by Crippen LogP contribution is 2.17. The molecule has 0 aliphatic heterocycles. The van der Waals surface area contributed by atoms with Crippen molar-refractivity contribution in [2.24, 2.45) is 0 Å². The van der Waals surface area contributed by atoms with Crippen LogP contribution in [0, 0.1) is 13.8 Å². The largest absolute Gasteiger partial charge is 0.481 e. The molecule has 0 bridgehead atoms. The van der Waals surface area contributed by atoms with E-state index in [-0.39, 0.29) is 12.3 Å². The van der Waals surface area contributed by atoms with Crippen molar-refractivity contribution >= 4 is 11.9 Å². The van der Waals surface area contributed by atoms with E-state index >= 15 is 0 Å². The summed E-state index contributed by atoms with van der Waals surface area (Å²) in [7, 11) is 0. The number of benzene rings is 1. The highest BCUT2D eigenvalue weighted by atomic mass is 16.4. The number of rotatable bonds is 7. The van der Waals surface area contributed by atoms with Crippen molar-refractivity contribution in [2.45, 2.75) is 33.2 Å². The lowest BCUT2D eigenvalue weighted by atomic mass is 10.2. The molecule has 1 heterocycles. The quantitative estimate of drug-likeness (QED) is 0.772. The van der Waals surface area contributed by atoms with Gasteiger partial charge in [0, 0.05) is 30.9 Å². The number of carboxylic acid groups (broad SMARTS) is 1. The van der Waals surface area contributed by atoms with Crippen molar-refractivity contribution in [3.63, 3.8) is 0 Å². The van der Waals surface area contributed by atoms with Crippen LogP contribution in [0.3, 0.4) is 0 Å². The van der Waals surface area contributed by atoms with Crippen LogP contribution in [0.25, 0.3) is 0 Å². The van der Waals surface area contributed by atoms with Gasteiger partial charge in [-0.05, 0) is 31.9 Å². The van der Waals surface area contributed by atoms with Crippen molar-refractivity contribution in [2.75, 3.05) is 6.54 Å². The van der Waals surface area contributed by atoms with Crippen LogP contribution in [0.5, 0.6) is 0 Å². The second kappa shape index (κ2) is 7.63. The number of aryl methyl sites for hydroxylation is 1. The molecule has 23 heavy (non-hydrogen) atoms. The van der Waals surface area contributed by atoms with E-state index in [2.05, 4.69) is 22.0 Å². The van der Waals surface area contributed by atoms with Crippen LogP contribution in [0.15, 0.2) is 36.4 Å². The first kappa shape index (κ1) is 16.8. The topological polar surface area (TPSA) is 71.3 Å². The third-order valence-electron chi connectivity index (χ3n) is 3.85. The summed E-state index contributed by atoms with van der Waals surface area (Å²) in [5.41, 5.74) is 3.78. The van der Waals surface area contributed by atoms with Gasteiger partial charge in [-0.1, -0.05) is 30.3 Å². The lowest BCUT2D eigenvalue weighted by Crippen LogP contribution is -2.25. The zero-order chi connectivity index (χ0) is 16.8. The van der Waals surface area contributed by atoms with Crippen LogP contribution in [0.1, 0.15) is 40.2 Å². The van der Waals surface area contributed by atoms with Crippen LogP contribution in [0.4, 0.5) is 0 Å². The summed E-state index contributed by atoms with van der Waals surface area (Å²) < 4.78 is 2.11. The van der Waals surface area contributed by atoms with Crippen molar-refractivity contribution in [1.29, 1.82) is 0 Å². The van der Waals surface area contributed by atoms with E-state index in [4.69, 9.17) is 5.11 Å². The summed E-state index contributed by atoms with van der Waals surface area (Å²) in [6.07, 6.45) is 0.497. The number of carbonyl (C=O) groups excluding carboxylic acids is 1. The van der Waals surface area contributed by atoms with Crippen molar-refractivity contribution in [1.82, 2.24) is 9.88 Å². The Balaban J connectivity index is 2.05. The van der Waals surface area contributed by atoms with E-state index in [1.54, 1.807) is 0 Å². The number of aliphatic carboxylic acids is 1. The molecule has 1 aromatic heterocycles. The van der Waals surface area contributed by atoms with Crippen LogP contribution >= 0.6 is 0 Å². The third-order valence-corrected chi connectivity index (χ3v) is 3.85. The highest BCUT2D eigenvalue weighted by molar-refractivity contribution is 5.95. The summed E-state index contributed by atoms with van der Waals surface area (Å²) in [6, 6.07) is 12.0. The van der Waals surface area contributed by atoms with E-state index < -0.39 is 5.97 Å². The monoisotopic (exact) mass is 314 g/mol. The molecule has 0 saturated carbocycles. The van der Waals surface area contributed by atoms with Gasteiger partial charge in [-0.25, -0.2) is 0 Å². The summed E-state index contributed by atoms with van der Waals surface area (Å²) in [5.74, 6) is -0.997. The molecule has 0 atom stereocenters. The first-order valence-corrected chi connectivity index (χ1v) is 7.69. The molecule has 122 valence electrons. The smallest absolute Gasteiger partial charge is 0.303 e. The third kappa shape index (κ3) is 4.45. The van der Waals surface area contributed by atoms with Gasteiger partial charge in [0.1, 0.15) is 0 Å². The van der Waals surface area contributed by atoms with Crippen LogP contribution in [-0.2, 0) is 11.3 Å². The Morgan fingerprint density at radius 1 is 1.17 bits per heavy atom. The summed E-state index contributed by atoms with van der Waals surface area (Å²) in [4.78, 5) is 22.7. The average molecular weight is 314 g/mol. The minimum Gasteiger partial charge on any atom is -0.481 e. The molecule has 0 saturated heterocycles. The summed E-state index contributed by atoms with van der Waals surface area (Å²) >= 11 is 0. The van der Waals surface area contributed by atoms with Gasteiger partial charge in [-0.2, -0.15) is 0 Å². The molecule has 0 spiro atoms. The second-order valence-corrected chi connectivity index (χ2v) is 5.61. The molecule has 0 aliphatic rings. The van der Waals surface area contributed by atoms with E-state index in [0.29, 0.717) is 18.5 Å². The van der Waals surface area contributed by atoms with Gasteiger partial charge in [0.05, 0.1) is 5.56 Å². The highest BCUT2D eigenvalue weighted by Gasteiger charge is 2.15. The molecule has 5 nitrogen and oxygen atoms in total. The summed E-state index contributed by atoms with van der Waals surface area (Å²) in [6.45, 7) is 5.01. The van der Waals surface area contributed by atoms with E-state index in [1.807, 2.05) is 38.1 Å². The van der Waals surface area contributed by atoms with Gasteiger partial charge < -0.3 is 15.0 Å². The fourth-order valence-corrected chi connectivity index (χ4v) is 2.58. The lowest BCUT2D eigenvalue weighted by Gasteiger charge is -2.10. The van der Waals surface area contributed by atoms with Gasteiger partial charge in [-0.15, -0.1) is 0 Å². The number of nitrogens with zero attached hydrogens (tertiary/aromatic N) is 1. The maximum Gasteiger partial charge on any atom is 0.303 e. The average Bonchev–Trinajstić information content (AvgIpc) is 2.80. The van der Waals surface area contributed by atoms with Gasteiger partial charge in [0.15, 0.2) is 0 Å². The molecule has 5 heteroatoms. The van der Waals surface area contributed by atoms with Gasteiger partial charge >= 0.3 is 5.97 Å². The normalized spacial score (nSPS) is 10.5. The van der Waals surface area contributed by atoms with E-state index in [0.717, 1.165) is 17.9 Å². The second-order valence-electron chi connectivity index (χ2n) is 5.61. The Bertz CT molecular complexity index is 690. The van der Waals surface area contributed by atoms with Gasteiger partial charge in [0.2, 0.25) is 0 Å². The molecular weight excluding hydrogens is 292 g/mol. The Morgan fingerprint density at radius 3 is 2.52 bits per heavy atom. The van der Waals surface area contributed by atoms with Crippen LogP contribution < -0.4 is 5.32 Å². The molecule has 0 radical (unpaired) electrons. The molecule has 0 fully saturated rings. The molecule has 1 amide bonds. The minimum absolute atomic E-state index is 0.0628. The first-order chi connectivity index (χ1) is 11.0.